The van der Waals surface area contributed by atoms with Gasteiger partial charge in [-0.05, 0) is 95.5 Å². The molecule has 0 spiro atoms. The summed E-state index contributed by atoms with van der Waals surface area (Å²) in [4.78, 5) is 75.5. The minimum absolute atomic E-state index is 0.0167. The van der Waals surface area contributed by atoms with Gasteiger partial charge in [0.15, 0.2) is 11.5 Å². The van der Waals surface area contributed by atoms with Crippen molar-refractivity contribution >= 4 is 63.1 Å². The monoisotopic (exact) mass is 775 g/mol. The van der Waals surface area contributed by atoms with Crippen molar-refractivity contribution in [2.75, 3.05) is 6.26 Å². The van der Waals surface area contributed by atoms with Gasteiger partial charge in [-0.25, -0.2) is 14.4 Å². The molecule has 2 aliphatic rings. The lowest BCUT2D eigenvalue weighted by Crippen LogP contribution is -2.22. The van der Waals surface area contributed by atoms with Crippen molar-refractivity contribution in [1.29, 1.82) is 0 Å². The van der Waals surface area contributed by atoms with Crippen LogP contribution in [0.5, 0.6) is 0 Å². The first kappa shape index (κ1) is 39.6. The summed E-state index contributed by atoms with van der Waals surface area (Å²) < 4.78 is 26.3. The average Bonchev–Trinajstić information content (AvgIpc) is 3.40. The van der Waals surface area contributed by atoms with E-state index in [1.165, 1.54) is 12.1 Å². The molecule has 0 bridgehead atoms. The summed E-state index contributed by atoms with van der Waals surface area (Å²) in [6.45, 7) is 1.90. The van der Waals surface area contributed by atoms with E-state index in [0.29, 0.717) is 51.5 Å². The number of fused-ring (bicyclic) bond motifs is 2. The van der Waals surface area contributed by atoms with Gasteiger partial charge in [-0.3, -0.25) is 33.2 Å². The number of amides is 1. The van der Waals surface area contributed by atoms with E-state index in [-0.39, 0.29) is 55.8 Å². The van der Waals surface area contributed by atoms with Crippen molar-refractivity contribution < 1.29 is 42.8 Å². The number of aromatic nitrogens is 2. The highest BCUT2D eigenvalue weighted by Crippen LogP contribution is 2.44. The van der Waals surface area contributed by atoms with E-state index in [1.807, 2.05) is 25.1 Å². The van der Waals surface area contributed by atoms with Crippen molar-refractivity contribution in [3.63, 3.8) is 0 Å². The molecule has 0 fully saturated rings. The molecular formula is C43H38FN3O8S. The van der Waals surface area contributed by atoms with Crippen molar-refractivity contribution in [3.05, 3.63) is 129 Å². The van der Waals surface area contributed by atoms with Crippen LogP contribution in [0, 0.1) is 11.7 Å². The number of ketones is 2. The third-order valence-corrected chi connectivity index (χ3v) is 10.9. The summed E-state index contributed by atoms with van der Waals surface area (Å²) in [5, 5.41) is 18.2. The molecule has 2 unspecified atom stereocenters. The normalized spacial score (nSPS) is 15.2. The van der Waals surface area contributed by atoms with Gasteiger partial charge in [-0.2, -0.15) is 0 Å². The number of carbonyl (C=O) groups excluding carboxylic acids is 3. The standard InChI is InChI=1S/C43H38FN3O8S/c1-24-35(17-26-6-13-33(14-7-26)56(2)55)34-15-11-29(44)19-37(34)36(24)22-32(48)20-31-21-38-41(42(52)47-31)46-30(23-45-38)12-5-25-3-8-27(9-4-25)39(49)18-28(43(53)54)10-16-40(50)51/h3-4,6-9,11,13-15,17,19,23,28H,5,10,12,16,18,20-22H2,1-2H3,(H,50,51)(H,53,54)/b35-17-. The Balaban J connectivity index is 1.07. The van der Waals surface area contributed by atoms with Gasteiger partial charge in [0.25, 0.3) is 5.91 Å². The number of aliphatic imine (C=N–C) groups is 1. The topological polar surface area (TPSA) is 181 Å². The Hall–Kier alpha value is -6.08. The van der Waals surface area contributed by atoms with Gasteiger partial charge in [-0.15, -0.1) is 0 Å². The quantitative estimate of drug-likeness (QED) is 0.115. The Morgan fingerprint density at radius 3 is 2.36 bits per heavy atom. The van der Waals surface area contributed by atoms with Crippen LogP contribution >= 0.6 is 0 Å². The lowest BCUT2D eigenvalue weighted by Gasteiger charge is -2.15. The van der Waals surface area contributed by atoms with Crippen LogP contribution in [-0.2, 0) is 44.4 Å². The van der Waals surface area contributed by atoms with E-state index in [4.69, 9.17) is 5.11 Å². The third-order valence-electron chi connectivity index (χ3n) is 9.92. The number of halogens is 1. The summed E-state index contributed by atoms with van der Waals surface area (Å²) in [6, 6.07) is 18.6. The molecule has 286 valence electrons. The van der Waals surface area contributed by atoms with Gasteiger partial charge >= 0.3 is 11.9 Å². The molecular weight excluding hydrogens is 738 g/mol. The highest BCUT2D eigenvalue weighted by molar-refractivity contribution is 7.84. The van der Waals surface area contributed by atoms with Gasteiger partial charge in [0, 0.05) is 71.5 Å². The molecule has 11 nitrogen and oxygen atoms in total. The fourth-order valence-electron chi connectivity index (χ4n) is 6.88. The second kappa shape index (κ2) is 17.2. The molecule has 0 saturated heterocycles. The fourth-order valence-corrected chi connectivity index (χ4v) is 7.40. The van der Waals surface area contributed by atoms with Crippen LogP contribution in [0.4, 0.5) is 4.39 Å². The summed E-state index contributed by atoms with van der Waals surface area (Å²) in [7, 11) is -1.11. The molecule has 4 aromatic rings. The number of hydrogen-bond donors (Lipinski definition) is 2. The number of carboxylic acid groups (broad SMARTS) is 2. The Labute approximate surface area is 324 Å². The molecule has 0 radical (unpaired) electrons. The van der Waals surface area contributed by atoms with E-state index < -0.39 is 40.4 Å². The average molecular weight is 776 g/mol. The number of rotatable bonds is 16. The van der Waals surface area contributed by atoms with Crippen molar-refractivity contribution in [1.82, 2.24) is 9.97 Å². The maximum absolute atomic E-state index is 14.5. The summed E-state index contributed by atoms with van der Waals surface area (Å²) >= 11 is 0. The fraction of sp³-hybridized carbons (Fsp3) is 0.256. The first-order chi connectivity index (χ1) is 26.7. The summed E-state index contributed by atoms with van der Waals surface area (Å²) in [6.07, 6.45) is 5.46. The maximum Gasteiger partial charge on any atom is 0.306 e. The summed E-state index contributed by atoms with van der Waals surface area (Å²) in [5.74, 6) is -5.00. The maximum atomic E-state index is 14.5. The van der Waals surface area contributed by atoms with Crippen molar-refractivity contribution in [2.24, 2.45) is 10.9 Å². The van der Waals surface area contributed by atoms with E-state index in [1.54, 1.807) is 54.9 Å². The van der Waals surface area contributed by atoms with Crippen LogP contribution in [0.1, 0.15) is 93.5 Å². The molecule has 56 heavy (non-hydrogen) atoms. The number of carbonyl (C=O) groups is 5. The van der Waals surface area contributed by atoms with Crippen molar-refractivity contribution in [3.8, 4) is 0 Å². The molecule has 1 aliphatic carbocycles. The molecule has 2 N–H and O–H groups in total. The first-order valence-electron chi connectivity index (χ1n) is 17.9. The number of nitrogens with zero attached hydrogens (tertiary/aromatic N) is 3. The number of hydrogen-bond acceptors (Lipinski definition) is 8. The lowest BCUT2D eigenvalue weighted by atomic mass is 9.93. The molecule has 2 atom stereocenters. The minimum Gasteiger partial charge on any atom is -0.481 e. The van der Waals surface area contributed by atoms with Crippen LogP contribution in [-0.4, -0.2) is 65.8 Å². The Morgan fingerprint density at radius 2 is 1.68 bits per heavy atom. The number of aliphatic carboxylic acids is 2. The van der Waals surface area contributed by atoms with Crippen LogP contribution in [0.25, 0.3) is 17.2 Å². The van der Waals surface area contributed by atoms with E-state index in [0.717, 1.165) is 27.8 Å². The van der Waals surface area contributed by atoms with Gasteiger partial charge in [0.2, 0.25) is 0 Å². The molecule has 0 saturated carbocycles. The molecule has 6 rings (SSSR count). The predicted molar refractivity (Wildman–Crippen MR) is 208 cm³/mol. The van der Waals surface area contributed by atoms with Gasteiger partial charge in [0.1, 0.15) is 11.6 Å². The largest absolute Gasteiger partial charge is 0.481 e. The lowest BCUT2D eigenvalue weighted by molar-refractivity contribution is -0.142. The zero-order valence-corrected chi connectivity index (χ0v) is 31.5. The zero-order valence-electron chi connectivity index (χ0n) is 30.7. The van der Waals surface area contributed by atoms with Crippen LogP contribution in [0.15, 0.2) is 88.4 Å². The first-order valence-corrected chi connectivity index (χ1v) is 19.5. The van der Waals surface area contributed by atoms with Gasteiger partial charge in [0.05, 0.1) is 17.3 Å². The number of Topliss-reactive ketones (excluding diaryl/α,β-unsaturated/α-hetero) is 2. The molecule has 13 heteroatoms. The Kier molecular flexibility index (Phi) is 12.1. The Bertz CT molecular complexity index is 2380. The number of aryl methyl sites for hydroxylation is 2. The van der Waals surface area contributed by atoms with E-state index >= 15 is 0 Å². The minimum atomic E-state index is -1.21. The highest BCUT2D eigenvalue weighted by Gasteiger charge is 2.29. The SMILES string of the molecule is CC1=C(CC(=O)CC2=NC(=O)c3nc(CCc4ccc(C(=O)CC(CCC(=O)O)C(=O)O)cc4)cnc3C2)c2cc(F)ccc2/C1=C\c1ccc(S(C)=O)cc1. The van der Waals surface area contributed by atoms with Crippen molar-refractivity contribution in [2.45, 2.75) is 63.2 Å². The van der Waals surface area contributed by atoms with E-state index in [2.05, 4.69) is 15.0 Å². The molecule has 2 heterocycles. The predicted octanol–water partition coefficient (Wildman–Crippen LogP) is 6.79. The van der Waals surface area contributed by atoms with Crippen LogP contribution < -0.4 is 0 Å². The highest BCUT2D eigenvalue weighted by atomic mass is 32.2. The molecule has 3 aromatic carbocycles. The smallest absolute Gasteiger partial charge is 0.306 e. The van der Waals surface area contributed by atoms with E-state index in [9.17, 15) is 37.7 Å². The third kappa shape index (κ3) is 9.40. The van der Waals surface area contributed by atoms with Gasteiger partial charge in [-0.1, -0.05) is 42.5 Å². The number of benzene rings is 3. The Morgan fingerprint density at radius 1 is 0.946 bits per heavy atom. The molecule has 1 aliphatic heterocycles. The van der Waals surface area contributed by atoms with Crippen LogP contribution in [0.2, 0.25) is 0 Å². The van der Waals surface area contributed by atoms with Crippen LogP contribution in [0.3, 0.4) is 0 Å². The zero-order chi connectivity index (χ0) is 40.1. The summed E-state index contributed by atoms with van der Waals surface area (Å²) in [5.41, 5.74) is 7.42. The van der Waals surface area contributed by atoms with Gasteiger partial charge < -0.3 is 10.2 Å². The second-order valence-electron chi connectivity index (χ2n) is 13.9. The number of carboxylic acids is 2. The number of allylic oxidation sites excluding steroid dienone is 3. The second-order valence-corrected chi connectivity index (χ2v) is 15.3. The molecule has 1 amide bonds. The molecule has 1 aromatic heterocycles.